The van der Waals surface area contributed by atoms with Gasteiger partial charge < -0.3 is 30.1 Å². The lowest BCUT2D eigenvalue weighted by molar-refractivity contribution is -0.149. The van der Waals surface area contributed by atoms with Crippen LogP contribution in [0.3, 0.4) is 0 Å². The van der Waals surface area contributed by atoms with Gasteiger partial charge >= 0.3 is 12.2 Å². The lowest BCUT2D eigenvalue weighted by Gasteiger charge is -2.44. The summed E-state index contributed by atoms with van der Waals surface area (Å²) in [4.78, 5) is 31.0. The first-order valence-corrected chi connectivity index (χ1v) is 12.5. The van der Waals surface area contributed by atoms with Crippen LogP contribution in [0.2, 0.25) is 0 Å². The monoisotopic (exact) mass is 536 g/mol. The molecule has 0 aliphatic carbocycles. The Morgan fingerprint density at radius 3 is 2.53 bits per heavy atom. The van der Waals surface area contributed by atoms with Crippen LogP contribution in [0, 0.1) is 0 Å². The first-order chi connectivity index (χ1) is 18.2. The van der Waals surface area contributed by atoms with Gasteiger partial charge in [0, 0.05) is 24.6 Å². The number of hydrogen-bond donors (Lipinski definition) is 3. The second-order valence-corrected chi connectivity index (χ2v) is 9.45. The fourth-order valence-electron chi connectivity index (χ4n) is 4.69. The van der Waals surface area contributed by atoms with Gasteiger partial charge in [0.2, 0.25) is 5.91 Å². The summed E-state index contributed by atoms with van der Waals surface area (Å²) in [6.07, 6.45) is -1.01. The number of benzene rings is 1. The summed E-state index contributed by atoms with van der Waals surface area (Å²) in [6, 6.07) is 6.94. The molecule has 3 heterocycles. The van der Waals surface area contributed by atoms with Crippen molar-refractivity contribution in [2.75, 3.05) is 31.6 Å². The quantitative estimate of drug-likeness (QED) is 0.523. The van der Waals surface area contributed by atoms with E-state index in [4.69, 9.17) is 9.47 Å². The molecular weight excluding hydrogens is 505 g/mol. The standard InChI is InChI=1S/C26H31F3N4O5/c27-26(28,29)18-1-3-19(4-2-18)32-25(36)33-14-20(34)15-37-16-23-22(33)6-5-21(38-23)13-24(35)31-12-9-17-7-10-30-11-8-17/h1-4,7-8,10-11,20-23,34H,5-6,9,12-16H2,(H,31,35)(H,32,36)/t20-,21-,22+,23-/m0/s1. The minimum absolute atomic E-state index is 0.00318. The number of nitrogens with zero attached hydrogens (tertiary/aromatic N) is 2. The van der Waals surface area contributed by atoms with Crippen LogP contribution < -0.4 is 10.6 Å². The topological polar surface area (TPSA) is 113 Å². The molecule has 206 valence electrons. The Morgan fingerprint density at radius 2 is 1.82 bits per heavy atom. The lowest BCUT2D eigenvalue weighted by Crippen LogP contribution is -2.58. The van der Waals surface area contributed by atoms with E-state index in [0.717, 1.165) is 17.7 Å². The van der Waals surface area contributed by atoms with Crippen molar-refractivity contribution in [1.82, 2.24) is 15.2 Å². The number of pyridine rings is 1. The molecule has 1 aromatic heterocycles. The molecule has 1 aromatic carbocycles. The third-order valence-electron chi connectivity index (χ3n) is 6.60. The number of β-amino-alcohol motifs (C(OH)–C–C–N with tert-alkyl or cyclic N) is 1. The van der Waals surface area contributed by atoms with Crippen LogP contribution in [0.15, 0.2) is 48.8 Å². The smallest absolute Gasteiger partial charge is 0.389 e. The number of aliphatic hydroxyl groups excluding tert-OH is 1. The van der Waals surface area contributed by atoms with Crippen LogP contribution in [0.25, 0.3) is 0 Å². The predicted molar refractivity (Wildman–Crippen MR) is 131 cm³/mol. The zero-order valence-electron chi connectivity index (χ0n) is 20.7. The Hall–Kier alpha value is -3.22. The minimum atomic E-state index is -4.48. The number of carbonyl (C=O) groups excluding carboxylic acids is 2. The second kappa shape index (κ2) is 12.5. The van der Waals surface area contributed by atoms with Crippen LogP contribution in [0.4, 0.5) is 23.7 Å². The van der Waals surface area contributed by atoms with Crippen molar-refractivity contribution in [2.24, 2.45) is 0 Å². The van der Waals surface area contributed by atoms with Crippen molar-refractivity contribution in [1.29, 1.82) is 0 Å². The molecule has 4 rings (SSSR count). The van der Waals surface area contributed by atoms with E-state index in [9.17, 15) is 27.9 Å². The average Bonchev–Trinajstić information content (AvgIpc) is 2.87. The average molecular weight is 537 g/mol. The van der Waals surface area contributed by atoms with Gasteiger partial charge in [-0.15, -0.1) is 0 Å². The summed E-state index contributed by atoms with van der Waals surface area (Å²) in [7, 11) is 0. The molecule has 0 saturated carbocycles. The number of nitrogens with one attached hydrogen (secondary N) is 2. The number of amides is 3. The van der Waals surface area contributed by atoms with Crippen LogP contribution in [0.1, 0.15) is 30.4 Å². The molecule has 2 fully saturated rings. The summed E-state index contributed by atoms with van der Waals surface area (Å²) >= 11 is 0. The van der Waals surface area contributed by atoms with Gasteiger partial charge in [-0.1, -0.05) is 0 Å². The largest absolute Gasteiger partial charge is 0.416 e. The Bertz CT molecular complexity index is 1070. The van der Waals surface area contributed by atoms with E-state index in [2.05, 4.69) is 15.6 Å². The van der Waals surface area contributed by atoms with Crippen molar-refractivity contribution in [3.8, 4) is 0 Å². The van der Waals surface area contributed by atoms with E-state index in [1.54, 1.807) is 12.4 Å². The first kappa shape index (κ1) is 27.8. The van der Waals surface area contributed by atoms with Crippen LogP contribution in [-0.4, -0.2) is 77.6 Å². The summed E-state index contributed by atoms with van der Waals surface area (Å²) < 4.78 is 50.3. The highest BCUT2D eigenvalue weighted by Crippen LogP contribution is 2.31. The van der Waals surface area contributed by atoms with Crippen molar-refractivity contribution >= 4 is 17.6 Å². The number of aliphatic hydroxyl groups is 1. The van der Waals surface area contributed by atoms with Crippen molar-refractivity contribution < 1.29 is 37.3 Å². The highest BCUT2D eigenvalue weighted by Gasteiger charge is 2.40. The van der Waals surface area contributed by atoms with Gasteiger partial charge in [-0.3, -0.25) is 9.78 Å². The van der Waals surface area contributed by atoms with Gasteiger partial charge in [0.1, 0.15) is 6.10 Å². The minimum Gasteiger partial charge on any atom is -0.389 e. The van der Waals surface area contributed by atoms with E-state index in [0.29, 0.717) is 25.8 Å². The van der Waals surface area contributed by atoms with E-state index in [1.165, 1.54) is 17.0 Å². The summed E-state index contributed by atoms with van der Waals surface area (Å²) in [5, 5.41) is 15.8. The number of carbonyl (C=O) groups is 2. The predicted octanol–water partition coefficient (Wildman–Crippen LogP) is 2.99. The maximum Gasteiger partial charge on any atom is 0.416 e. The SMILES string of the molecule is O=C(C[C@@H]1CC[C@@H]2[C@H](COC[C@@H](O)CN2C(=O)Nc2ccc(C(F)(F)F)cc2)O1)NCCc1ccncc1. The summed E-state index contributed by atoms with van der Waals surface area (Å²) in [6.45, 7) is 0.584. The van der Waals surface area contributed by atoms with Crippen LogP contribution in [-0.2, 0) is 26.9 Å². The molecule has 2 aliphatic heterocycles. The number of alkyl halides is 3. The summed E-state index contributed by atoms with van der Waals surface area (Å²) in [5.74, 6) is -0.137. The van der Waals surface area contributed by atoms with E-state index in [1.807, 2.05) is 12.1 Å². The Morgan fingerprint density at radius 1 is 1.08 bits per heavy atom. The molecule has 3 amide bonds. The number of fused-ring (bicyclic) bond motifs is 1. The van der Waals surface area contributed by atoms with Crippen molar-refractivity contribution in [2.45, 2.75) is 56.2 Å². The summed E-state index contributed by atoms with van der Waals surface area (Å²) in [5.41, 5.74) is 0.452. The third-order valence-corrected chi connectivity index (χ3v) is 6.60. The van der Waals surface area contributed by atoms with Gasteiger partial charge in [-0.2, -0.15) is 13.2 Å². The molecule has 38 heavy (non-hydrogen) atoms. The van der Waals surface area contributed by atoms with Crippen LogP contribution in [0.5, 0.6) is 0 Å². The fraction of sp³-hybridized carbons (Fsp3) is 0.500. The molecule has 2 saturated heterocycles. The van der Waals surface area contributed by atoms with E-state index < -0.39 is 36.0 Å². The Labute approximate surface area is 218 Å². The number of rotatable bonds is 6. The number of urea groups is 1. The molecule has 3 N–H and O–H groups in total. The molecule has 0 radical (unpaired) electrons. The molecule has 2 aromatic rings. The molecule has 0 spiro atoms. The highest BCUT2D eigenvalue weighted by molar-refractivity contribution is 5.89. The van der Waals surface area contributed by atoms with Gasteiger partial charge in [-0.05, 0) is 61.2 Å². The van der Waals surface area contributed by atoms with Gasteiger partial charge in [0.25, 0.3) is 0 Å². The molecule has 9 nitrogen and oxygen atoms in total. The molecule has 0 bridgehead atoms. The molecule has 0 unspecified atom stereocenters. The number of ether oxygens (including phenoxy) is 2. The molecule has 2 aliphatic rings. The Kier molecular flexibility index (Phi) is 9.18. The zero-order chi connectivity index (χ0) is 27.1. The van der Waals surface area contributed by atoms with E-state index in [-0.39, 0.29) is 43.9 Å². The third kappa shape index (κ3) is 7.65. The molecule has 12 heteroatoms. The van der Waals surface area contributed by atoms with Gasteiger partial charge in [0.05, 0.1) is 50.0 Å². The van der Waals surface area contributed by atoms with Gasteiger partial charge in [0.15, 0.2) is 0 Å². The normalized spacial score (nSPS) is 24.1. The molecule has 4 atom stereocenters. The zero-order valence-corrected chi connectivity index (χ0v) is 20.7. The highest BCUT2D eigenvalue weighted by atomic mass is 19.4. The van der Waals surface area contributed by atoms with Gasteiger partial charge in [-0.25, -0.2) is 4.79 Å². The van der Waals surface area contributed by atoms with Crippen molar-refractivity contribution in [3.05, 3.63) is 59.9 Å². The number of hydrogen-bond acceptors (Lipinski definition) is 6. The van der Waals surface area contributed by atoms with E-state index >= 15 is 0 Å². The Balaban J connectivity index is 1.33. The molecular formula is C26H31F3N4O5. The lowest BCUT2D eigenvalue weighted by atomic mass is 9.95. The fourth-order valence-corrected chi connectivity index (χ4v) is 4.69. The second-order valence-electron chi connectivity index (χ2n) is 9.45. The van der Waals surface area contributed by atoms with Crippen LogP contribution >= 0.6 is 0 Å². The maximum atomic E-state index is 13.1. The van der Waals surface area contributed by atoms with Crippen molar-refractivity contribution in [3.63, 3.8) is 0 Å². The number of anilines is 1. The number of aromatic nitrogens is 1. The first-order valence-electron chi connectivity index (χ1n) is 12.5. The maximum absolute atomic E-state index is 13.1. The number of halogens is 3.